The Morgan fingerprint density at radius 2 is 1.44 bits per heavy atom. The van der Waals surface area contributed by atoms with Gasteiger partial charge in [0.25, 0.3) is 0 Å². The van der Waals surface area contributed by atoms with Crippen LogP contribution in [0.5, 0.6) is 0 Å². The highest BCUT2D eigenvalue weighted by Crippen LogP contribution is 2.27. The maximum atomic E-state index is 9.57. The van der Waals surface area contributed by atoms with Crippen molar-refractivity contribution < 1.29 is 5.11 Å². The van der Waals surface area contributed by atoms with Crippen molar-refractivity contribution in [3.63, 3.8) is 0 Å². The molecule has 0 bridgehead atoms. The van der Waals surface area contributed by atoms with Gasteiger partial charge in [-0.25, -0.2) is 0 Å². The van der Waals surface area contributed by atoms with Gasteiger partial charge in [0.1, 0.15) is 0 Å². The molecule has 2 aliphatic carbocycles. The highest BCUT2D eigenvalue weighted by Gasteiger charge is 2.25. The monoisotopic (exact) mass is 225 g/mol. The van der Waals surface area contributed by atoms with Gasteiger partial charge in [0, 0.05) is 12.1 Å². The van der Waals surface area contributed by atoms with E-state index in [2.05, 4.69) is 5.32 Å². The molecule has 2 aliphatic rings. The average molecular weight is 225 g/mol. The fraction of sp³-hybridized carbons (Fsp3) is 1.00. The van der Waals surface area contributed by atoms with Crippen molar-refractivity contribution in [2.75, 3.05) is 6.61 Å². The van der Waals surface area contributed by atoms with E-state index in [1.165, 1.54) is 64.2 Å². The number of nitrogens with one attached hydrogen (secondary N) is 1. The minimum absolute atomic E-state index is 0.334. The molecule has 2 saturated carbocycles. The predicted octanol–water partition coefficient (Wildman–Crippen LogP) is 2.85. The van der Waals surface area contributed by atoms with Gasteiger partial charge in [0.2, 0.25) is 0 Å². The molecule has 1 atom stereocenters. The SMILES string of the molecule is OCC(NC1CCCC1)C1CCCCCC1. The van der Waals surface area contributed by atoms with Crippen molar-refractivity contribution in [1.82, 2.24) is 5.32 Å². The second-order valence-electron chi connectivity index (χ2n) is 5.69. The summed E-state index contributed by atoms with van der Waals surface area (Å²) in [5.41, 5.74) is 0. The summed E-state index contributed by atoms with van der Waals surface area (Å²) in [6.45, 7) is 0.334. The first kappa shape index (κ1) is 12.4. The molecule has 94 valence electrons. The summed E-state index contributed by atoms with van der Waals surface area (Å²) in [7, 11) is 0. The van der Waals surface area contributed by atoms with Crippen LogP contribution >= 0.6 is 0 Å². The molecule has 2 N–H and O–H groups in total. The largest absolute Gasteiger partial charge is 0.395 e. The molecule has 0 aromatic rings. The van der Waals surface area contributed by atoms with E-state index in [0.717, 1.165) is 5.92 Å². The fourth-order valence-electron chi connectivity index (χ4n) is 3.45. The van der Waals surface area contributed by atoms with Gasteiger partial charge < -0.3 is 10.4 Å². The van der Waals surface area contributed by atoms with Gasteiger partial charge in [0.05, 0.1) is 6.61 Å². The van der Waals surface area contributed by atoms with Crippen molar-refractivity contribution in [2.45, 2.75) is 76.3 Å². The highest BCUT2D eigenvalue weighted by molar-refractivity contribution is 4.83. The maximum absolute atomic E-state index is 9.57. The van der Waals surface area contributed by atoms with Crippen LogP contribution in [0.4, 0.5) is 0 Å². The van der Waals surface area contributed by atoms with Gasteiger partial charge in [-0.1, -0.05) is 38.5 Å². The Kier molecular flexibility index (Phi) is 5.11. The van der Waals surface area contributed by atoms with E-state index in [9.17, 15) is 5.11 Å². The molecular weight excluding hydrogens is 198 g/mol. The third kappa shape index (κ3) is 3.46. The molecule has 2 heteroatoms. The van der Waals surface area contributed by atoms with Crippen LogP contribution in [0, 0.1) is 5.92 Å². The molecule has 0 heterocycles. The summed E-state index contributed by atoms with van der Waals surface area (Å²) in [5, 5.41) is 13.3. The highest BCUT2D eigenvalue weighted by atomic mass is 16.3. The number of hydrogen-bond donors (Lipinski definition) is 2. The van der Waals surface area contributed by atoms with Gasteiger partial charge in [-0.2, -0.15) is 0 Å². The Balaban J connectivity index is 1.81. The molecular formula is C14H27NO. The maximum Gasteiger partial charge on any atom is 0.0587 e. The zero-order valence-electron chi connectivity index (χ0n) is 10.5. The Morgan fingerprint density at radius 1 is 0.875 bits per heavy atom. The van der Waals surface area contributed by atoms with Crippen molar-refractivity contribution >= 4 is 0 Å². The van der Waals surface area contributed by atoms with Crippen LogP contribution in [0.3, 0.4) is 0 Å². The van der Waals surface area contributed by atoms with Crippen molar-refractivity contribution in [3.8, 4) is 0 Å². The lowest BCUT2D eigenvalue weighted by Gasteiger charge is -2.28. The van der Waals surface area contributed by atoms with E-state index in [1.807, 2.05) is 0 Å². The summed E-state index contributed by atoms with van der Waals surface area (Å²) in [6, 6.07) is 1.07. The quantitative estimate of drug-likeness (QED) is 0.721. The molecule has 16 heavy (non-hydrogen) atoms. The van der Waals surface area contributed by atoms with E-state index >= 15 is 0 Å². The minimum Gasteiger partial charge on any atom is -0.395 e. The molecule has 0 amide bonds. The van der Waals surface area contributed by atoms with E-state index in [4.69, 9.17) is 0 Å². The van der Waals surface area contributed by atoms with Crippen LogP contribution in [-0.2, 0) is 0 Å². The lowest BCUT2D eigenvalue weighted by atomic mass is 9.91. The van der Waals surface area contributed by atoms with Crippen LogP contribution in [0.2, 0.25) is 0 Å². The van der Waals surface area contributed by atoms with Gasteiger partial charge in [-0.05, 0) is 31.6 Å². The Bertz CT molecular complexity index is 181. The Hall–Kier alpha value is -0.0800. The topological polar surface area (TPSA) is 32.3 Å². The molecule has 1 unspecified atom stereocenters. The first-order valence-corrected chi connectivity index (χ1v) is 7.27. The minimum atomic E-state index is 0.334. The summed E-state index contributed by atoms with van der Waals surface area (Å²) in [4.78, 5) is 0. The lowest BCUT2D eigenvalue weighted by Crippen LogP contribution is -2.44. The molecule has 0 aromatic heterocycles. The number of hydrogen-bond acceptors (Lipinski definition) is 2. The van der Waals surface area contributed by atoms with Gasteiger partial charge in [-0.3, -0.25) is 0 Å². The van der Waals surface area contributed by atoms with Crippen LogP contribution in [0.1, 0.15) is 64.2 Å². The predicted molar refractivity (Wildman–Crippen MR) is 67.5 cm³/mol. The Labute approximate surface area is 99.8 Å². The van der Waals surface area contributed by atoms with Gasteiger partial charge >= 0.3 is 0 Å². The third-order valence-electron chi connectivity index (χ3n) is 4.47. The molecule has 2 rings (SSSR count). The average Bonchev–Trinajstić information content (AvgIpc) is 2.67. The van der Waals surface area contributed by atoms with Crippen molar-refractivity contribution in [3.05, 3.63) is 0 Å². The van der Waals surface area contributed by atoms with Gasteiger partial charge in [0.15, 0.2) is 0 Å². The number of rotatable bonds is 4. The molecule has 0 radical (unpaired) electrons. The van der Waals surface area contributed by atoms with Crippen molar-refractivity contribution in [1.29, 1.82) is 0 Å². The number of aliphatic hydroxyl groups excluding tert-OH is 1. The molecule has 2 nitrogen and oxygen atoms in total. The first-order chi connectivity index (χ1) is 7.90. The van der Waals surface area contributed by atoms with E-state index < -0.39 is 0 Å². The van der Waals surface area contributed by atoms with E-state index in [-0.39, 0.29) is 0 Å². The summed E-state index contributed by atoms with van der Waals surface area (Å²) < 4.78 is 0. The Morgan fingerprint density at radius 3 is 2.00 bits per heavy atom. The smallest absolute Gasteiger partial charge is 0.0587 e. The van der Waals surface area contributed by atoms with Crippen LogP contribution in [0.15, 0.2) is 0 Å². The molecule has 0 spiro atoms. The zero-order valence-corrected chi connectivity index (χ0v) is 10.5. The van der Waals surface area contributed by atoms with E-state index in [1.54, 1.807) is 0 Å². The first-order valence-electron chi connectivity index (χ1n) is 7.27. The van der Waals surface area contributed by atoms with Crippen LogP contribution < -0.4 is 5.32 Å². The van der Waals surface area contributed by atoms with Crippen LogP contribution in [-0.4, -0.2) is 23.8 Å². The third-order valence-corrected chi connectivity index (χ3v) is 4.47. The summed E-state index contributed by atoms with van der Waals surface area (Å²) in [6.07, 6.45) is 13.6. The molecule has 0 saturated heterocycles. The molecule has 2 fully saturated rings. The molecule has 0 aliphatic heterocycles. The second-order valence-corrected chi connectivity index (χ2v) is 5.69. The standard InChI is InChI=1S/C14H27NO/c16-11-14(15-13-9-5-6-10-13)12-7-3-1-2-4-8-12/h12-16H,1-11H2. The number of aliphatic hydroxyl groups is 1. The zero-order chi connectivity index (χ0) is 11.2. The normalized spacial score (nSPS) is 26.8. The van der Waals surface area contributed by atoms with Crippen LogP contribution in [0.25, 0.3) is 0 Å². The fourth-order valence-corrected chi connectivity index (χ4v) is 3.45. The van der Waals surface area contributed by atoms with Gasteiger partial charge in [-0.15, -0.1) is 0 Å². The molecule has 0 aromatic carbocycles. The second kappa shape index (κ2) is 6.61. The summed E-state index contributed by atoms with van der Waals surface area (Å²) in [5.74, 6) is 0.730. The van der Waals surface area contributed by atoms with E-state index in [0.29, 0.717) is 18.7 Å². The summed E-state index contributed by atoms with van der Waals surface area (Å²) >= 11 is 0. The van der Waals surface area contributed by atoms with Crippen molar-refractivity contribution in [2.24, 2.45) is 5.92 Å². The lowest BCUT2D eigenvalue weighted by molar-refractivity contribution is 0.176.